The molecule has 1 aromatic carbocycles. The molecule has 1 saturated heterocycles. The van der Waals surface area contributed by atoms with Gasteiger partial charge in [-0.2, -0.15) is 0 Å². The van der Waals surface area contributed by atoms with Crippen LogP contribution in [0.25, 0.3) is 0 Å². The standard InChI is InChI=1S/C15H19N3O7S/c1-25-13(19)10-7-11(9-12(8-10)18(21)22)17-14(20)15(26(2,23)24)3-5-16-6-4-15/h7-9,16H,3-6H2,1-2H3,(H,17,20). The lowest BCUT2D eigenvalue weighted by molar-refractivity contribution is -0.384. The van der Waals surface area contributed by atoms with Gasteiger partial charge in [0.1, 0.15) is 0 Å². The molecule has 0 spiro atoms. The lowest BCUT2D eigenvalue weighted by Crippen LogP contribution is -2.55. The Morgan fingerprint density at radius 3 is 2.38 bits per heavy atom. The molecule has 2 N–H and O–H groups in total. The van der Waals surface area contributed by atoms with Crippen LogP contribution in [0.15, 0.2) is 18.2 Å². The summed E-state index contributed by atoms with van der Waals surface area (Å²) >= 11 is 0. The number of rotatable bonds is 5. The molecule has 1 aromatic rings. The second-order valence-electron chi connectivity index (χ2n) is 5.99. The largest absolute Gasteiger partial charge is 0.465 e. The van der Waals surface area contributed by atoms with E-state index in [1.807, 2.05) is 0 Å². The summed E-state index contributed by atoms with van der Waals surface area (Å²) < 4.78 is 27.4. The Balaban J connectivity index is 2.42. The van der Waals surface area contributed by atoms with Gasteiger partial charge in [0.05, 0.1) is 17.6 Å². The number of nitro groups is 1. The number of nitro benzene ring substituents is 1. The Hall–Kier alpha value is -2.53. The van der Waals surface area contributed by atoms with Crippen molar-refractivity contribution in [2.45, 2.75) is 17.6 Å². The number of non-ortho nitro benzene ring substituents is 1. The van der Waals surface area contributed by atoms with Gasteiger partial charge in [-0.15, -0.1) is 0 Å². The number of carbonyl (C=O) groups is 2. The van der Waals surface area contributed by atoms with Crippen LogP contribution >= 0.6 is 0 Å². The number of methoxy groups -OCH3 is 1. The molecule has 1 aliphatic rings. The Morgan fingerprint density at radius 1 is 1.27 bits per heavy atom. The molecule has 1 amide bonds. The van der Waals surface area contributed by atoms with E-state index in [0.29, 0.717) is 13.1 Å². The van der Waals surface area contributed by atoms with Crippen LogP contribution in [0.2, 0.25) is 0 Å². The van der Waals surface area contributed by atoms with Crippen molar-refractivity contribution in [1.82, 2.24) is 5.32 Å². The van der Waals surface area contributed by atoms with Crippen LogP contribution in [-0.4, -0.2) is 56.4 Å². The highest BCUT2D eigenvalue weighted by Crippen LogP contribution is 2.30. The lowest BCUT2D eigenvalue weighted by atomic mass is 9.95. The summed E-state index contributed by atoms with van der Waals surface area (Å²) in [7, 11) is -2.62. The zero-order valence-corrected chi connectivity index (χ0v) is 15.1. The quantitative estimate of drug-likeness (QED) is 0.423. The van der Waals surface area contributed by atoms with Gasteiger partial charge < -0.3 is 15.4 Å². The highest BCUT2D eigenvalue weighted by molar-refractivity contribution is 7.92. The van der Waals surface area contributed by atoms with E-state index in [1.54, 1.807) is 0 Å². The third-order valence-corrected chi connectivity index (χ3v) is 6.36. The van der Waals surface area contributed by atoms with E-state index in [-0.39, 0.29) is 24.1 Å². The van der Waals surface area contributed by atoms with Gasteiger partial charge in [0.25, 0.3) is 5.69 Å². The molecular formula is C15H19N3O7S. The van der Waals surface area contributed by atoms with Gasteiger partial charge >= 0.3 is 5.97 Å². The fourth-order valence-corrected chi connectivity index (χ4v) is 4.20. The van der Waals surface area contributed by atoms with Crippen molar-refractivity contribution >= 4 is 33.1 Å². The van der Waals surface area contributed by atoms with Crippen LogP contribution in [0.5, 0.6) is 0 Å². The maximum atomic E-state index is 12.8. The van der Waals surface area contributed by atoms with Crippen molar-refractivity contribution in [3.8, 4) is 0 Å². The molecule has 1 fully saturated rings. The zero-order chi connectivity index (χ0) is 19.5. The summed E-state index contributed by atoms with van der Waals surface area (Å²) in [6.07, 6.45) is 1.15. The minimum absolute atomic E-state index is 0.0499. The van der Waals surface area contributed by atoms with Gasteiger partial charge in [0, 0.05) is 24.1 Å². The smallest absolute Gasteiger partial charge is 0.338 e. The SMILES string of the molecule is COC(=O)c1cc(NC(=O)C2(S(C)(=O)=O)CCNCC2)cc([N+](=O)[O-])c1. The fourth-order valence-electron chi connectivity index (χ4n) is 2.87. The van der Waals surface area contributed by atoms with Crippen LogP contribution in [-0.2, 0) is 19.4 Å². The second-order valence-corrected chi connectivity index (χ2v) is 8.31. The molecule has 142 valence electrons. The number of hydrogen-bond acceptors (Lipinski definition) is 8. The average molecular weight is 385 g/mol. The molecule has 2 rings (SSSR count). The molecule has 0 aromatic heterocycles. The number of carbonyl (C=O) groups excluding carboxylic acids is 2. The van der Waals surface area contributed by atoms with Crippen molar-refractivity contribution in [2.75, 3.05) is 31.8 Å². The van der Waals surface area contributed by atoms with Crippen molar-refractivity contribution in [1.29, 1.82) is 0 Å². The minimum atomic E-state index is -3.74. The number of piperidine rings is 1. The summed E-state index contributed by atoms with van der Waals surface area (Å²) in [6, 6.07) is 3.27. The molecule has 10 nitrogen and oxygen atoms in total. The number of esters is 1. The maximum absolute atomic E-state index is 12.8. The first kappa shape index (κ1) is 19.8. The van der Waals surface area contributed by atoms with Gasteiger partial charge in [-0.3, -0.25) is 14.9 Å². The van der Waals surface area contributed by atoms with E-state index in [2.05, 4.69) is 15.4 Å². The summed E-state index contributed by atoms with van der Waals surface area (Å²) in [5.41, 5.74) is -0.608. The molecule has 0 atom stereocenters. The molecule has 0 bridgehead atoms. The highest BCUT2D eigenvalue weighted by Gasteiger charge is 2.48. The van der Waals surface area contributed by atoms with Crippen LogP contribution in [0.3, 0.4) is 0 Å². The first-order valence-electron chi connectivity index (χ1n) is 7.70. The summed E-state index contributed by atoms with van der Waals surface area (Å²) in [4.78, 5) is 34.8. The van der Waals surface area contributed by atoms with Crippen LogP contribution in [0.1, 0.15) is 23.2 Å². The normalized spacial score (nSPS) is 16.5. The van der Waals surface area contributed by atoms with E-state index in [0.717, 1.165) is 25.5 Å². The predicted molar refractivity (Wildman–Crippen MR) is 92.7 cm³/mol. The molecular weight excluding hydrogens is 366 g/mol. The first-order valence-corrected chi connectivity index (χ1v) is 9.59. The summed E-state index contributed by atoms with van der Waals surface area (Å²) in [5, 5.41) is 16.5. The number of sulfone groups is 1. The number of hydrogen-bond donors (Lipinski definition) is 2. The molecule has 1 aliphatic heterocycles. The number of ether oxygens (including phenoxy) is 1. The average Bonchev–Trinajstić information content (AvgIpc) is 2.60. The Morgan fingerprint density at radius 2 is 1.88 bits per heavy atom. The van der Waals surface area contributed by atoms with Gasteiger partial charge in [-0.05, 0) is 32.0 Å². The lowest BCUT2D eigenvalue weighted by Gasteiger charge is -2.34. The van der Waals surface area contributed by atoms with E-state index < -0.39 is 37.1 Å². The number of amides is 1. The van der Waals surface area contributed by atoms with Crippen molar-refractivity contribution < 1.29 is 27.7 Å². The van der Waals surface area contributed by atoms with Gasteiger partial charge in [-0.25, -0.2) is 13.2 Å². The minimum Gasteiger partial charge on any atom is -0.465 e. The first-order chi connectivity index (χ1) is 12.1. The molecule has 0 radical (unpaired) electrons. The van der Waals surface area contributed by atoms with Crippen molar-refractivity contribution in [3.63, 3.8) is 0 Å². The molecule has 11 heteroatoms. The maximum Gasteiger partial charge on any atom is 0.338 e. The summed E-state index contributed by atoms with van der Waals surface area (Å²) in [6.45, 7) is 0.700. The zero-order valence-electron chi connectivity index (χ0n) is 14.3. The van der Waals surface area contributed by atoms with Gasteiger partial charge in [0.15, 0.2) is 14.6 Å². The third kappa shape index (κ3) is 3.83. The van der Waals surface area contributed by atoms with E-state index in [1.165, 1.54) is 6.07 Å². The Kier molecular flexibility index (Phi) is 5.62. The van der Waals surface area contributed by atoms with Gasteiger partial charge in [-0.1, -0.05) is 0 Å². The van der Waals surface area contributed by atoms with Gasteiger partial charge in [0.2, 0.25) is 5.91 Å². The topological polar surface area (TPSA) is 145 Å². The highest BCUT2D eigenvalue weighted by atomic mass is 32.2. The fraction of sp³-hybridized carbons (Fsp3) is 0.467. The van der Waals surface area contributed by atoms with Crippen molar-refractivity contribution in [3.05, 3.63) is 33.9 Å². The van der Waals surface area contributed by atoms with Crippen molar-refractivity contribution in [2.24, 2.45) is 0 Å². The molecule has 26 heavy (non-hydrogen) atoms. The predicted octanol–water partition coefficient (Wildman–Crippen LogP) is 0.487. The molecule has 0 unspecified atom stereocenters. The Labute approximate surface area is 150 Å². The van der Waals surface area contributed by atoms with Crippen LogP contribution in [0, 0.1) is 10.1 Å². The van der Waals surface area contributed by atoms with Crippen LogP contribution in [0.4, 0.5) is 11.4 Å². The van der Waals surface area contributed by atoms with Crippen LogP contribution < -0.4 is 10.6 Å². The number of anilines is 1. The molecule has 0 saturated carbocycles. The Bertz CT molecular complexity index is 845. The molecule has 1 heterocycles. The van der Waals surface area contributed by atoms with E-state index in [4.69, 9.17) is 0 Å². The number of nitrogens with zero attached hydrogens (tertiary/aromatic N) is 1. The number of nitrogens with one attached hydrogen (secondary N) is 2. The second kappa shape index (κ2) is 7.38. The monoisotopic (exact) mass is 385 g/mol. The molecule has 0 aliphatic carbocycles. The summed E-state index contributed by atoms with van der Waals surface area (Å²) in [5.74, 6) is -1.60. The third-order valence-electron chi connectivity index (χ3n) is 4.34. The van der Waals surface area contributed by atoms with E-state index >= 15 is 0 Å². The van der Waals surface area contributed by atoms with E-state index in [9.17, 15) is 28.1 Å². The number of benzene rings is 1.